The minimum absolute atomic E-state index is 0.0291. The summed E-state index contributed by atoms with van der Waals surface area (Å²) in [6, 6.07) is 8.25. The molecular weight excluding hydrogens is 386 g/mol. The highest BCUT2D eigenvalue weighted by atomic mass is 35.5. The van der Waals surface area contributed by atoms with Crippen molar-refractivity contribution >= 4 is 40.5 Å². The van der Waals surface area contributed by atoms with Crippen molar-refractivity contribution in [1.29, 1.82) is 0 Å². The van der Waals surface area contributed by atoms with Crippen molar-refractivity contribution in [2.75, 3.05) is 0 Å². The van der Waals surface area contributed by atoms with Crippen LogP contribution in [0, 0.1) is 0 Å². The quantitative estimate of drug-likeness (QED) is 0.421. The van der Waals surface area contributed by atoms with Crippen molar-refractivity contribution in [1.82, 2.24) is 0 Å². The van der Waals surface area contributed by atoms with Gasteiger partial charge in [0.05, 0.1) is 21.3 Å². The van der Waals surface area contributed by atoms with E-state index in [2.05, 4.69) is 5.16 Å². The molecule has 0 aliphatic carbocycles. The molecule has 0 radical (unpaired) electrons. The number of benzene rings is 2. The summed E-state index contributed by atoms with van der Waals surface area (Å²) in [4.78, 5) is 5.11. The number of hydrogen-bond acceptors (Lipinski definition) is 2. The van der Waals surface area contributed by atoms with Crippen molar-refractivity contribution in [2.45, 2.75) is 19.7 Å². The van der Waals surface area contributed by atoms with Crippen LogP contribution in [0.2, 0.25) is 15.1 Å². The number of nitrogens with zero attached hydrogens (tertiary/aromatic N) is 1. The fraction of sp³-hybridized carbons (Fsp3) is 0.188. The third-order valence-electron chi connectivity index (χ3n) is 3.13. The van der Waals surface area contributed by atoms with E-state index in [1.54, 1.807) is 18.2 Å². The van der Waals surface area contributed by atoms with Gasteiger partial charge in [-0.25, -0.2) is 0 Å². The number of hydrogen-bond donors (Lipinski definition) is 0. The van der Waals surface area contributed by atoms with Gasteiger partial charge in [-0.2, -0.15) is 13.2 Å². The molecule has 0 N–H and O–H groups in total. The molecule has 2 nitrogen and oxygen atoms in total. The highest BCUT2D eigenvalue weighted by Crippen LogP contribution is 2.33. The molecule has 0 amide bonds. The van der Waals surface area contributed by atoms with Gasteiger partial charge in [0.15, 0.2) is 0 Å². The lowest BCUT2D eigenvalue weighted by Crippen LogP contribution is -2.12. The fourth-order valence-electron chi connectivity index (χ4n) is 1.97. The van der Waals surface area contributed by atoms with Gasteiger partial charge in [0.2, 0.25) is 0 Å². The van der Waals surface area contributed by atoms with Crippen molar-refractivity contribution in [2.24, 2.45) is 5.16 Å². The van der Waals surface area contributed by atoms with E-state index in [-0.39, 0.29) is 22.9 Å². The lowest BCUT2D eigenvalue weighted by atomic mass is 10.0. The predicted molar refractivity (Wildman–Crippen MR) is 89.9 cm³/mol. The maximum atomic E-state index is 13.1. The normalized spacial score (nSPS) is 12.4. The molecule has 0 heterocycles. The number of rotatable bonds is 4. The smallest absolute Gasteiger partial charge is 0.391 e. The van der Waals surface area contributed by atoms with Crippen LogP contribution in [0.5, 0.6) is 0 Å². The van der Waals surface area contributed by atoms with E-state index in [9.17, 15) is 13.2 Å². The second-order valence-electron chi connectivity index (χ2n) is 4.85. The molecule has 0 atom stereocenters. The van der Waals surface area contributed by atoms with E-state index in [1.807, 2.05) is 0 Å². The Morgan fingerprint density at radius 2 is 1.83 bits per heavy atom. The van der Waals surface area contributed by atoms with E-state index in [1.165, 1.54) is 19.1 Å². The minimum atomic E-state index is -4.52. The average molecular weight is 397 g/mol. The third-order valence-corrected chi connectivity index (χ3v) is 4.22. The van der Waals surface area contributed by atoms with Crippen LogP contribution in [0.25, 0.3) is 0 Å². The van der Waals surface area contributed by atoms with Crippen LogP contribution in [-0.4, -0.2) is 5.71 Å². The first-order valence-electron chi connectivity index (χ1n) is 6.66. The summed E-state index contributed by atoms with van der Waals surface area (Å²) in [6.45, 7) is 1.37. The summed E-state index contributed by atoms with van der Waals surface area (Å²) in [6.07, 6.45) is -4.52. The van der Waals surface area contributed by atoms with Crippen molar-refractivity contribution < 1.29 is 18.0 Å². The zero-order valence-electron chi connectivity index (χ0n) is 12.3. The predicted octanol–water partition coefficient (Wildman–Crippen LogP) is 6.61. The van der Waals surface area contributed by atoms with E-state index < -0.39 is 11.7 Å². The average Bonchev–Trinajstić information content (AvgIpc) is 2.50. The molecule has 0 aromatic heterocycles. The first-order valence-corrected chi connectivity index (χ1v) is 7.80. The molecule has 0 aliphatic rings. The lowest BCUT2D eigenvalue weighted by molar-refractivity contribution is -0.137. The summed E-state index contributed by atoms with van der Waals surface area (Å²) in [5.41, 5.74) is -0.365. The van der Waals surface area contributed by atoms with E-state index in [0.29, 0.717) is 15.6 Å². The molecule has 0 saturated carbocycles. The Hall–Kier alpha value is -1.43. The van der Waals surface area contributed by atoms with Crippen LogP contribution >= 0.6 is 34.8 Å². The van der Waals surface area contributed by atoms with Crippen LogP contribution in [-0.2, 0) is 17.6 Å². The molecule has 0 bridgehead atoms. The van der Waals surface area contributed by atoms with Crippen LogP contribution in [0.4, 0.5) is 13.2 Å². The fourth-order valence-corrected chi connectivity index (χ4v) is 2.52. The Labute approximate surface area is 151 Å². The van der Waals surface area contributed by atoms with E-state index in [4.69, 9.17) is 39.6 Å². The van der Waals surface area contributed by atoms with Crippen LogP contribution < -0.4 is 0 Å². The standard InChI is InChI=1S/C16H11Cl3F3NO/c1-9(12-7-11(17)5-6-13(12)16(20,21)22)23-24-8-10-3-2-4-14(18)15(10)19/h2-7H,8H2,1H3. The monoisotopic (exact) mass is 395 g/mol. The Morgan fingerprint density at radius 1 is 1.12 bits per heavy atom. The maximum absolute atomic E-state index is 13.1. The highest BCUT2D eigenvalue weighted by Gasteiger charge is 2.34. The molecular formula is C16H11Cl3F3NO. The topological polar surface area (TPSA) is 21.6 Å². The van der Waals surface area contributed by atoms with Crippen LogP contribution in [0.3, 0.4) is 0 Å². The lowest BCUT2D eigenvalue weighted by Gasteiger charge is -2.13. The first kappa shape index (κ1) is 18.9. The zero-order chi connectivity index (χ0) is 17.9. The molecule has 2 rings (SSSR count). The molecule has 0 unspecified atom stereocenters. The minimum Gasteiger partial charge on any atom is -0.391 e. The van der Waals surface area contributed by atoms with Gasteiger partial charge in [0.25, 0.3) is 0 Å². The Morgan fingerprint density at radius 3 is 2.50 bits per heavy atom. The molecule has 0 spiro atoms. The van der Waals surface area contributed by atoms with Crippen LogP contribution in [0.15, 0.2) is 41.6 Å². The summed E-state index contributed by atoms with van der Waals surface area (Å²) in [5.74, 6) is 0. The SMILES string of the molecule is CC(=NOCc1cccc(Cl)c1Cl)c1cc(Cl)ccc1C(F)(F)F. The third kappa shape index (κ3) is 4.56. The molecule has 0 aliphatic heterocycles. The number of halogens is 6. The summed E-state index contributed by atoms with van der Waals surface area (Å²) < 4.78 is 39.2. The molecule has 128 valence electrons. The van der Waals surface area contributed by atoms with Crippen molar-refractivity contribution in [3.05, 3.63) is 68.2 Å². The molecule has 24 heavy (non-hydrogen) atoms. The second kappa shape index (κ2) is 7.64. The van der Waals surface area contributed by atoms with Gasteiger partial charge in [-0.3, -0.25) is 0 Å². The van der Waals surface area contributed by atoms with Gasteiger partial charge in [-0.1, -0.05) is 52.1 Å². The van der Waals surface area contributed by atoms with Crippen molar-refractivity contribution in [3.63, 3.8) is 0 Å². The summed E-state index contributed by atoms with van der Waals surface area (Å²) in [5, 5.41) is 4.57. The molecule has 0 saturated heterocycles. The Balaban J connectivity index is 2.22. The van der Waals surface area contributed by atoms with Gasteiger partial charge in [0.1, 0.15) is 6.61 Å². The van der Waals surface area contributed by atoms with Gasteiger partial charge in [0, 0.05) is 16.1 Å². The van der Waals surface area contributed by atoms with Gasteiger partial charge in [-0.05, 0) is 31.2 Å². The molecule has 0 fully saturated rings. The summed E-state index contributed by atoms with van der Waals surface area (Å²) in [7, 11) is 0. The van der Waals surface area contributed by atoms with Gasteiger partial charge in [-0.15, -0.1) is 0 Å². The Bertz CT molecular complexity index is 776. The van der Waals surface area contributed by atoms with E-state index >= 15 is 0 Å². The van der Waals surface area contributed by atoms with Gasteiger partial charge >= 0.3 is 6.18 Å². The highest BCUT2D eigenvalue weighted by molar-refractivity contribution is 6.42. The van der Waals surface area contributed by atoms with Crippen molar-refractivity contribution in [3.8, 4) is 0 Å². The van der Waals surface area contributed by atoms with E-state index in [0.717, 1.165) is 6.07 Å². The second-order valence-corrected chi connectivity index (χ2v) is 6.07. The zero-order valence-corrected chi connectivity index (χ0v) is 14.6. The van der Waals surface area contributed by atoms with Gasteiger partial charge < -0.3 is 4.84 Å². The largest absolute Gasteiger partial charge is 0.417 e. The van der Waals surface area contributed by atoms with Crippen LogP contribution in [0.1, 0.15) is 23.6 Å². The molecule has 8 heteroatoms. The number of oxime groups is 1. The number of alkyl halides is 3. The maximum Gasteiger partial charge on any atom is 0.417 e. The Kier molecular flexibility index (Phi) is 6.01. The summed E-state index contributed by atoms with van der Waals surface area (Å²) >= 11 is 17.7. The first-order chi connectivity index (χ1) is 11.2. The molecule has 2 aromatic carbocycles. The molecule has 2 aromatic rings.